The van der Waals surface area contributed by atoms with Crippen molar-refractivity contribution in [3.63, 3.8) is 0 Å². The fraction of sp³-hybridized carbons (Fsp3) is 0. The molecule has 0 spiro atoms. The number of aromatic carboxylic acids is 1. The van der Waals surface area contributed by atoms with Gasteiger partial charge >= 0.3 is 5.97 Å². The summed E-state index contributed by atoms with van der Waals surface area (Å²) in [5.74, 6) is -1.61. The van der Waals surface area contributed by atoms with E-state index in [1.165, 1.54) is 30.7 Å². The maximum atomic E-state index is 11.8. The van der Waals surface area contributed by atoms with Crippen LogP contribution in [0.1, 0.15) is 20.7 Å². The lowest BCUT2D eigenvalue weighted by molar-refractivity contribution is 0.0696. The first kappa shape index (κ1) is 13.5. The van der Waals surface area contributed by atoms with Gasteiger partial charge < -0.3 is 14.8 Å². The van der Waals surface area contributed by atoms with E-state index in [1.54, 1.807) is 0 Å². The highest BCUT2D eigenvalue weighted by molar-refractivity contribution is 6.40. The van der Waals surface area contributed by atoms with Crippen molar-refractivity contribution in [1.29, 1.82) is 0 Å². The summed E-state index contributed by atoms with van der Waals surface area (Å²) in [6, 6.07) is 3.89. The first-order valence-electron chi connectivity index (χ1n) is 5.05. The Morgan fingerprint density at radius 2 is 1.79 bits per heavy atom. The van der Waals surface area contributed by atoms with Crippen LogP contribution in [0.15, 0.2) is 35.1 Å². The Labute approximate surface area is 117 Å². The van der Waals surface area contributed by atoms with Crippen LogP contribution >= 0.6 is 23.2 Å². The average molecular weight is 300 g/mol. The number of halogens is 2. The van der Waals surface area contributed by atoms with Crippen molar-refractivity contribution >= 4 is 40.8 Å². The normalized spacial score (nSPS) is 10.2. The van der Waals surface area contributed by atoms with Gasteiger partial charge in [-0.05, 0) is 18.2 Å². The summed E-state index contributed by atoms with van der Waals surface area (Å²) in [5.41, 5.74) is 0.394. The summed E-state index contributed by atoms with van der Waals surface area (Å²) in [6.45, 7) is 0. The number of carbonyl (C=O) groups is 2. The van der Waals surface area contributed by atoms with Crippen LogP contribution in [0.5, 0.6) is 0 Å². The van der Waals surface area contributed by atoms with E-state index < -0.39 is 11.9 Å². The van der Waals surface area contributed by atoms with E-state index in [4.69, 9.17) is 32.7 Å². The Bertz CT molecular complexity index is 614. The Balaban J connectivity index is 2.31. The average Bonchev–Trinajstić information content (AvgIpc) is 2.86. The topological polar surface area (TPSA) is 79.5 Å². The van der Waals surface area contributed by atoms with E-state index in [2.05, 4.69) is 5.32 Å². The van der Waals surface area contributed by atoms with Crippen molar-refractivity contribution in [2.75, 3.05) is 5.32 Å². The van der Waals surface area contributed by atoms with Crippen LogP contribution in [-0.2, 0) is 0 Å². The van der Waals surface area contributed by atoms with E-state index in [1.807, 2.05) is 0 Å². The van der Waals surface area contributed by atoms with E-state index >= 15 is 0 Å². The molecule has 0 fully saturated rings. The molecule has 2 rings (SSSR count). The summed E-state index contributed by atoms with van der Waals surface area (Å²) in [5, 5.41) is 11.4. The Morgan fingerprint density at radius 1 is 1.16 bits per heavy atom. The van der Waals surface area contributed by atoms with E-state index in [0.29, 0.717) is 5.56 Å². The number of carbonyl (C=O) groups excluding carboxylic acids is 1. The molecule has 1 aromatic carbocycles. The standard InChI is InChI=1S/C12H7Cl2NO4/c13-8-3-7(12(17)18)4-9(14)10(8)15-11(16)6-1-2-19-5-6/h1-5H,(H,15,16)(H,17,18). The van der Waals surface area contributed by atoms with E-state index in [-0.39, 0.29) is 21.3 Å². The number of hydrogen-bond acceptors (Lipinski definition) is 3. The molecule has 0 atom stereocenters. The summed E-state index contributed by atoms with van der Waals surface area (Å²) < 4.78 is 4.78. The number of hydrogen-bond donors (Lipinski definition) is 2. The number of carboxylic acid groups (broad SMARTS) is 1. The van der Waals surface area contributed by atoms with Crippen LogP contribution in [0.2, 0.25) is 10.0 Å². The molecular weight excluding hydrogens is 293 g/mol. The minimum atomic E-state index is -1.16. The number of carboxylic acids is 1. The third-order valence-corrected chi connectivity index (χ3v) is 2.91. The maximum Gasteiger partial charge on any atom is 0.335 e. The van der Waals surface area contributed by atoms with Crippen LogP contribution in [0.25, 0.3) is 0 Å². The number of benzene rings is 1. The van der Waals surface area contributed by atoms with Crippen LogP contribution in [0.4, 0.5) is 5.69 Å². The summed E-state index contributed by atoms with van der Waals surface area (Å²) in [6.07, 6.45) is 2.62. The lowest BCUT2D eigenvalue weighted by Gasteiger charge is -2.09. The zero-order valence-electron chi connectivity index (χ0n) is 9.31. The van der Waals surface area contributed by atoms with Gasteiger partial charge in [-0.3, -0.25) is 4.79 Å². The molecule has 2 aromatic rings. The van der Waals surface area contributed by atoms with Gasteiger partial charge in [0.15, 0.2) is 0 Å². The fourth-order valence-electron chi connectivity index (χ4n) is 1.40. The number of furan rings is 1. The third kappa shape index (κ3) is 2.89. The number of amides is 1. The fourth-order valence-corrected chi connectivity index (χ4v) is 1.98. The van der Waals surface area contributed by atoms with Crippen LogP contribution in [-0.4, -0.2) is 17.0 Å². The van der Waals surface area contributed by atoms with Crippen LogP contribution in [0.3, 0.4) is 0 Å². The first-order chi connectivity index (χ1) is 8.99. The molecule has 0 bridgehead atoms. The van der Waals surface area contributed by atoms with Gasteiger partial charge in [-0.1, -0.05) is 23.2 Å². The minimum absolute atomic E-state index is 0.0433. The molecule has 0 radical (unpaired) electrons. The molecule has 19 heavy (non-hydrogen) atoms. The van der Waals surface area contributed by atoms with Crippen molar-refractivity contribution in [1.82, 2.24) is 0 Å². The smallest absolute Gasteiger partial charge is 0.335 e. The highest BCUT2D eigenvalue weighted by atomic mass is 35.5. The lowest BCUT2D eigenvalue weighted by atomic mass is 10.2. The van der Waals surface area contributed by atoms with E-state index in [0.717, 1.165) is 0 Å². The van der Waals surface area contributed by atoms with Crippen LogP contribution < -0.4 is 5.32 Å². The molecule has 7 heteroatoms. The van der Waals surface area contributed by atoms with Gasteiger partial charge in [0.1, 0.15) is 6.26 Å². The zero-order chi connectivity index (χ0) is 14.0. The molecule has 1 heterocycles. The molecular formula is C12H7Cl2NO4. The van der Waals surface area contributed by atoms with Crippen molar-refractivity contribution in [2.24, 2.45) is 0 Å². The largest absolute Gasteiger partial charge is 0.478 e. The van der Waals surface area contributed by atoms with Crippen LogP contribution in [0, 0.1) is 0 Å². The second-order valence-corrected chi connectivity index (χ2v) is 4.40. The van der Waals surface area contributed by atoms with Gasteiger partial charge in [-0.25, -0.2) is 4.79 Å². The molecule has 0 aliphatic heterocycles. The molecule has 0 unspecified atom stereocenters. The molecule has 2 N–H and O–H groups in total. The molecule has 1 amide bonds. The Hall–Kier alpha value is -1.98. The quantitative estimate of drug-likeness (QED) is 0.908. The summed E-state index contributed by atoms with van der Waals surface area (Å²) in [7, 11) is 0. The van der Waals surface area contributed by atoms with Gasteiger partial charge in [-0.15, -0.1) is 0 Å². The lowest BCUT2D eigenvalue weighted by Crippen LogP contribution is -2.12. The molecule has 0 aliphatic rings. The van der Waals surface area contributed by atoms with Gasteiger partial charge in [0.2, 0.25) is 0 Å². The van der Waals surface area contributed by atoms with Gasteiger partial charge in [0, 0.05) is 0 Å². The predicted octanol–water partition coefficient (Wildman–Crippen LogP) is 3.54. The number of anilines is 1. The van der Waals surface area contributed by atoms with E-state index in [9.17, 15) is 9.59 Å². The maximum absolute atomic E-state index is 11.8. The summed E-state index contributed by atoms with van der Waals surface area (Å²) in [4.78, 5) is 22.6. The molecule has 5 nitrogen and oxygen atoms in total. The van der Waals surface area contributed by atoms with Gasteiger partial charge in [0.05, 0.1) is 33.1 Å². The minimum Gasteiger partial charge on any atom is -0.478 e. The summed E-state index contributed by atoms with van der Waals surface area (Å²) >= 11 is 11.8. The first-order valence-corrected chi connectivity index (χ1v) is 5.80. The highest BCUT2D eigenvalue weighted by Gasteiger charge is 2.15. The third-order valence-electron chi connectivity index (χ3n) is 2.31. The highest BCUT2D eigenvalue weighted by Crippen LogP contribution is 2.32. The molecule has 0 saturated carbocycles. The number of rotatable bonds is 3. The van der Waals surface area contributed by atoms with Crippen molar-refractivity contribution in [2.45, 2.75) is 0 Å². The second-order valence-electron chi connectivity index (χ2n) is 3.59. The zero-order valence-corrected chi connectivity index (χ0v) is 10.8. The molecule has 0 aliphatic carbocycles. The second kappa shape index (κ2) is 5.34. The molecule has 0 saturated heterocycles. The number of nitrogens with one attached hydrogen (secondary N) is 1. The van der Waals surface area contributed by atoms with Crippen molar-refractivity contribution in [3.05, 3.63) is 51.9 Å². The predicted molar refractivity (Wildman–Crippen MR) is 70.1 cm³/mol. The SMILES string of the molecule is O=C(O)c1cc(Cl)c(NC(=O)c2ccoc2)c(Cl)c1. The van der Waals surface area contributed by atoms with Crippen molar-refractivity contribution in [3.8, 4) is 0 Å². The van der Waals surface area contributed by atoms with Crippen molar-refractivity contribution < 1.29 is 19.1 Å². The monoisotopic (exact) mass is 299 g/mol. The molecule has 98 valence electrons. The molecule has 1 aromatic heterocycles. The van der Waals surface area contributed by atoms with Gasteiger partial charge in [-0.2, -0.15) is 0 Å². The van der Waals surface area contributed by atoms with Gasteiger partial charge in [0.25, 0.3) is 5.91 Å². The Morgan fingerprint density at radius 3 is 2.26 bits per heavy atom. The Kier molecular flexibility index (Phi) is 3.78.